The van der Waals surface area contributed by atoms with Crippen LogP contribution in [0.5, 0.6) is 0 Å². The van der Waals surface area contributed by atoms with Gasteiger partial charge in [0.25, 0.3) is 0 Å². The van der Waals surface area contributed by atoms with Gasteiger partial charge in [0.15, 0.2) is 4.34 Å². The molecule has 0 aliphatic heterocycles. The van der Waals surface area contributed by atoms with Crippen molar-refractivity contribution >= 4 is 34.1 Å². The minimum absolute atomic E-state index is 0.113. The van der Waals surface area contributed by atoms with Crippen molar-refractivity contribution in [3.05, 3.63) is 35.9 Å². The van der Waals surface area contributed by atoms with Crippen molar-refractivity contribution in [2.24, 2.45) is 0 Å². The molecule has 0 bridgehead atoms. The number of thioether (sulfide) groups is 1. The van der Waals surface area contributed by atoms with Crippen LogP contribution in [0.15, 0.2) is 34.7 Å². The summed E-state index contributed by atoms with van der Waals surface area (Å²) in [4.78, 5) is 12.3. The van der Waals surface area contributed by atoms with Gasteiger partial charge in [-0.25, -0.2) is 0 Å². The molecule has 1 aliphatic rings. The highest BCUT2D eigenvalue weighted by molar-refractivity contribution is 8.01. The van der Waals surface area contributed by atoms with Crippen molar-refractivity contribution in [1.82, 2.24) is 15.5 Å². The van der Waals surface area contributed by atoms with Crippen LogP contribution in [0.2, 0.25) is 0 Å². The standard InChI is InChI=1S/C19H23N5OS2/c20-14-19(10-6-1-2-7-11-19)22-16(25)13-26-18-24-23-17(27-18)21-12-15-8-4-3-5-9-15/h3-5,8-9H,1-2,6-7,10-13H2,(H,21,23)(H,22,25). The SMILES string of the molecule is N#CC1(NC(=O)CSc2nnc(NCc3ccccc3)s2)CCCCCC1. The molecule has 1 aromatic carbocycles. The summed E-state index contributed by atoms with van der Waals surface area (Å²) in [6, 6.07) is 12.4. The summed E-state index contributed by atoms with van der Waals surface area (Å²) in [6.07, 6.45) is 5.75. The van der Waals surface area contributed by atoms with E-state index in [9.17, 15) is 10.1 Å². The lowest BCUT2D eigenvalue weighted by Gasteiger charge is -2.26. The predicted octanol–water partition coefficient (Wildman–Crippen LogP) is 3.98. The van der Waals surface area contributed by atoms with Gasteiger partial charge in [0.2, 0.25) is 11.0 Å². The highest BCUT2D eigenvalue weighted by Crippen LogP contribution is 2.28. The van der Waals surface area contributed by atoms with Gasteiger partial charge < -0.3 is 10.6 Å². The Bertz CT molecular complexity index is 779. The molecule has 1 amide bonds. The van der Waals surface area contributed by atoms with E-state index in [1.807, 2.05) is 30.3 Å². The molecule has 0 atom stereocenters. The Morgan fingerprint density at radius 1 is 1.19 bits per heavy atom. The third-order valence-electron chi connectivity index (χ3n) is 4.57. The Balaban J connectivity index is 1.46. The zero-order valence-corrected chi connectivity index (χ0v) is 16.7. The molecule has 1 saturated carbocycles. The highest BCUT2D eigenvalue weighted by Gasteiger charge is 2.32. The fourth-order valence-corrected chi connectivity index (χ4v) is 4.69. The number of amides is 1. The zero-order chi connectivity index (χ0) is 19.0. The van der Waals surface area contributed by atoms with E-state index in [1.54, 1.807) is 0 Å². The van der Waals surface area contributed by atoms with Crippen molar-refractivity contribution in [2.45, 2.75) is 54.9 Å². The van der Waals surface area contributed by atoms with Crippen molar-refractivity contribution in [1.29, 1.82) is 5.26 Å². The van der Waals surface area contributed by atoms with Gasteiger partial charge in [0.05, 0.1) is 11.8 Å². The normalized spacial score (nSPS) is 16.1. The summed E-state index contributed by atoms with van der Waals surface area (Å²) < 4.78 is 0.743. The highest BCUT2D eigenvalue weighted by atomic mass is 32.2. The number of carbonyl (C=O) groups excluding carboxylic acids is 1. The zero-order valence-electron chi connectivity index (χ0n) is 15.1. The maximum atomic E-state index is 12.3. The summed E-state index contributed by atoms with van der Waals surface area (Å²) in [5.74, 6) is 0.133. The first kappa shape index (κ1) is 19.6. The van der Waals surface area contributed by atoms with Crippen molar-refractivity contribution < 1.29 is 4.79 Å². The van der Waals surface area contributed by atoms with Gasteiger partial charge in [-0.05, 0) is 18.4 Å². The third-order valence-corrected chi connectivity index (χ3v) is 6.58. The van der Waals surface area contributed by atoms with Crippen LogP contribution in [0, 0.1) is 11.3 Å². The van der Waals surface area contributed by atoms with Gasteiger partial charge in [-0.1, -0.05) is 79.1 Å². The summed E-state index contributed by atoms with van der Waals surface area (Å²) in [6.45, 7) is 0.686. The van der Waals surface area contributed by atoms with Gasteiger partial charge in [-0.15, -0.1) is 10.2 Å². The van der Waals surface area contributed by atoms with Gasteiger partial charge >= 0.3 is 0 Å². The molecule has 2 N–H and O–H groups in total. The Labute approximate surface area is 167 Å². The average Bonchev–Trinajstić information content (AvgIpc) is 3.03. The maximum absolute atomic E-state index is 12.3. The molecule has 27 heavy (non-hydrogen) atoms. The molecule has 2 aromatic rings. The molecule has 3 rings (SSSR count). The lowest BCUT2D eigenvalue weighted by molar-refractivity contribution is -0.120. The predicted molar refractivity (Wildman–Crippen MR) is 109 cm³/mol. The number of benzene rings is 1. The van der Waals surface area contributed by atoms with Crippen LogP contribution >= 0.6 is 23.1 Å². The quantitative estimate of drug-likeness (QED) is 0.539. The average molecular weight is 402 g/mol. The third kappa shape index (κ3) is 5.94. The van der Waals surface area contributed by atoms with Crippen LogP contribution in [-0.4, -0.2) is 27.4 Å². The molecular weight excluding hydrogens is 378 g/mol. The summed E-state index contributed by atoms with van der Waals surface area (Å²) >= 11 is 2.79. The number of rotatable bonds is 7. The van der Waals surface area contributed by atoms with Crippen LogP contribution < -0.4 is 10.6 Å². The molecule has 6 nitrogen and oxygen atoms in total. The smallest absolute Gasteiger partial charge is 0.231 e. The molecule has 1 aromatic heterocycles. The molecule has 1 aliphatic carbocycles. The van der Waals surface area contributed by atoms with E-state index in [-0.39, 0.29) is 11.7 Å². The topological polar surface area (TPSA) is 90.7 Å². The first-order valence-corrected chi connectivity index (χ1v) is 11.0. The Hall–Kier alpha value is -2.11. The molecule has 8 heteroatoms. The van der Waals surface area contributed by atoms with Gasteiger partial charge in [0, 0.05) is 6.54 Å². The second-order valence-corrected chi connectivity index (χ2v) is 8.86. The molecule has 0 saturated heterocycles. The van der Waals surface area contributed by atoms with Crippen LogP contribution in [-0.2, 0) is 11.3 Å². The fourth-order valence-electron chi connectivity index (χ4n) is 3.14. The Morgan fingerprint density at radius 2 is 1.93 bits per heavy atom. The first-order valence-electron chi connectivity index (χ1n) is 9.15. The molecule has 1 heterocycles. The number of aromatic nitrogens is 2. The van der Waals surface area contributed by atoms with E-state index in [1.165, 1.54) is 28.7 Å². The Morgan fingerprint density at radius 3 is 2.63 bits per heavy atom. The second kappa shape index (κ2) is 9.72. The van der Waals surface area contributed by atoms with Crippen molar-refractivity contribution in [3.63, 3.8) is 0 Å². The fraction of sp³-hybridized carbons (Fsp3) is 0.474. The molecule has 1 fully saturated rings. The van der Waals surface area contributed by atoms with E-state index < -0.39 is 5.54 Å². The number of nitrogens with one attached hydrogen (secondary N) is 2. The van der Waals surface area contributed by atoms with Gasteiger partial charge in [-0.2, -0.15) is 5.26 Å². The van der Waals surface area contributed by atoms with Crippen LogP contribution in [0.25, 0.3) is 0 Å². The van der Waals surface area contributed by atoms with Crippen molar-refractivity contribution in [2.75, 3.05) is 11.1 Å². The second-order valence-electron chi connectivity index (χ2n) is 6.66. The monoisotopic (exact) mass is 401 g/mol. The molecule has 0 radical (unpaired) electrons. The first-order chi connectivity index (χ1) is 13.2. The van der Waals surface area contributed by atoms with Crippen LogP contribution in [0.3, 0.4) is 0 Å². The molecule has 142 valence electrons. The minimum atomic E-state index is -0.697. The summed E-state index contributed by atoms with van der Waals surface area (Å²) in [7, 11) is 0. The molecular formula is C19H23N5OS2. The maximum Gasteiger partial charge on any atom is 0.231 e. The van der Waals surface area contributed by atoms with Gasteiger partial charge in [0.1, 0.15) is 5.54 Å². The van der Waals surface area contributed by atoms with E-state index in [0.717, 1.165) is 48.0 Å². The van der Waals surface area contributed by atoms with Crippen LogP contribution in [0.4, 0.5) is 5.13 Å². The number of carbonyl (C=O) groups is 1. The number of nitriles is 1. The number of hydrogen-bond acceptors (Lipinski definition) is 7. The van der Waals surface area contributed by atoms with Crippen molar-refractivity contribution in [3.8, 4) is 6.07 Å². The van der Waals surface area contributed by atoms with Crippen LogP contribution in [0.1, 0.15) is 44.1 Å². The lowest BCUT2D eigenvalue weighted by Crippen LogP contribution is -2.47. The lowest BCUT2D eigenvalue weighted by atomic mass is 9.92. The molecule has 0 spiro atoms. The van der Waals surface area contributed by atoms with E-state index in [4.69, 9.17) is 0 Å². The Kier molecular flexibility index (Phi) is 7.07. The van der Waals surface area contributed by atoms with E-state index in [2.05, 4.69) is 26.9 Å². The van der Waals surface area contributed by atoms with E-state index >= 15 is 0 Å². The van der Waals surface area contributed by atoms with E-state index in [0.29, 0.717) is 6.54 Å². The minimum Gasteiger partial charge on any atom is -0.356 e. The van der Waals surface area contributed by atoms with Gasteiger partial charge in [-0.3, -0.25) is 4.79 Å². The largest absolute Gasteiger partial charge is 0.356 e. The summed E-state index contributed by atoms with van der Waals surface area (Å²) in [5, 5.41) is 24.7. The molecule has 0 unspecified atom stereocenters. The number of nitrogens with zero attached hydrogens (tertiary/aromatic N) is 3. The number of anilines is 1. The number of hydrogen-bond donors (Lipinski definition) is 2. The summed E-state index contributed by atoms with van der Waals surface area (Å²) in [5.41, 5.74) is 0.476.